The van der Waals surface area contributed by atoms with Crippen LogP contribution < -0.4 is 5.32 Å². The standard InChI is InChI=1S/C18H25NO/c20-17-16(9-8-15-5-2-1-3-6-15)7-4-10-18(17)11-13-19-14-12-18/h1-3,5-6,16,19H,4,7-14H2. The molecule has 1 aromatic rings. The van der Waals surface area contributed by atoms with Crippen LogP contribution in [0.5, 0.6) is 0 Å². The lowest BCUT2D eigenvalue weighted by molar-refractivity contribution is -0.138. The van der Waals surface area contributed by atoms with Crippen molar-refractivity contribution in [1.29, 1.82) is 0 Å². The molecule has 1 atom stereocenters. The summed E-state index contributed by atoms with van der Waals surface area (Å²) in [6, 6.07) is 10.6. The van der Waals surface area contributed by atoms with Gasteiger partial charge in [0, 0.05) is 11.3 Å². The van der Waals surface area contributed by atoms with Crippen LogP contribution in [-0.2, 0) is 11.2 Å². The molecule has 108 valence electrons. The van der Waals surface area contributed by atoms with Crippen LogP contribution in [-0.4, -0.2) is 18.9 Å². The Bertz CT molecular complexity index is 442. The zero-order valence-electron chi connectivity index (χ0n) is 12.2. The Hall–Kier alpha value is -1.15. The minimum absolute atomic E-state index is 0.0326. The molecule has 1 N–H and O–H groups in total. The number of nitrogens with one attached hydrogen (secondary N) is 1. The Morgan fingerprint density at radius 1 is 1.10 bits per heavy atom. The lowest BCUT2D eigenvalue weighted by Gasteiger charge is -2.42. The maximum absolute atomic E-state index is 12.9. The number of aryl methyl sites for hydroxylation is 1. The number of Topliss-reactive ketones (excluding diaryl/α,β-unsaturated/α-hetero) is 1. The Morgan fingerprint density at radius 3 is 2.60 bits per heavy atom. The number of carbonyl (C=O) groups excluding carboxylic acids is 1. The number of rotatable bonds is 3. The van der Waals surface area contributed by atoms with Crippen LogP contribution in [0.4, 0.5) is 0 Å². The van der Waals surface area contributed by atoms with E-state index in [0.29, 0.717) is 11.7 Å². The minimum Gasteiger partial charge on any atom is -0.317 e. The second-order valence-electron chi connectivity index (χ2n) is 6.51. The van der Waals surface area contributed by atoms with Crippen LogP contribution in [0.15, 0.2) is 30.3 Å². The van der Waals surface area contributed by atoms with Gasteiger partial charge in [0.2, 0.25) is 0 Å². The maximum atomic E-state index is 12.9. The van der Waals surface area contributed by atoms with Crippen molar-refractivity contribution < 1.29 is 4.79 Å². The van der Waals surface area contributed by atoms with Gasteiger partial charge in [-0.25, -0.2) is 0 Å². The quantitative estimate of drug-likeness (QED) is 0.913. The van der Waals surface area contributed by atoms with Crippen molar-refractivity contribution in [3.8, 4) is 0 Å². The number of hydrogen-bond acceptors (Lipinski definition) is 2. The monoisotopic (exact) mass is 271 g/mol. The van der Waals surface area contributed by atoms with Crippen molar-refractivity contribution in [2.45, 2.75) is 44.9 Å². The fraction of sp³-hybridized carbons (Fsp3) is 0.611. The van der Waals surface area contributed by atoms with Gasteiger partial charge in [-0.2, -0.15) is 0 Å². The molecular weight excluding hydrogens is 246 g/mol. The summed E-state index contributed by atoms with van der Waals surface area (Å²) in [5.74, 6) is 0.892. The van der Waals surface area contributed by atoms with E-state index in [1.165, 1.54) is 12.0 Å². The molecule has 2 nitrogen and oxygen atoms in total. The first-order valence-electron chi connectivity index (χ1n) is 8.09. The van der Waals surface area contributed by atoms with Gasteiger partial charge in [-0.3, -0.25) is 4.79 Å². The summed E-state index contributed by atoms with van der Waals surface area (Å²) in [5.41, 5.74) is 1.40. The van der Waals surface area contributed by atoms with Crippen molar-refractivity contribution in [2.75, 3.05) is 13.1 Å². The van der Waals surface area contributed by atoms with Crippen LogP contribution in [0.1, 0.15) is 44.1 Å². The van der Waals surface area contributed by atoms with Gasteiger partial charge >= 0.3 is 0 Å². The number of ketones is 1. The summed E-state index contributed by atoms with van der Waals surface area (Å²) in [4.78, 5) is 12.9. The van der Waals surface area contributed by atoms with Crippen LogP contribution in [0.3, 0.4) is 0 Å². The van der Waals surface area contributed by atoms with Crippen LogP contribution in [0.2, 0.25) is 0 Å². The van der Waals surface area contributed by atoms with Gasteiger partial charge in [0.05, 0.1) is 0 Å². The van der Waals surface area contributed by atoms with Crippen molar-refractivity contribution in [1.82, 2.24) is 5.32 Å². The largest absolute Gasteiger partial charge is 0.317 e. The normalized spacial score (nSPS) is 25.8. The topological polar surface area (TPSA) is 29.1 Å². The van der Waals surface area contributed by atoms with Crippen molar-refractivity contribution in [3.05, 3.63) is 35.9 Å². The first kappa shape index (κ1) is 13.8. The first-order valence-corrected chi connectivity index (χ1v) is 8.09. The Balaban J connectivity index is 1.63. The molecule has 3 rings (SSSR count). The Kier molecular flexibility index (Phi) is 4.21. The average molecular weight is 271 g/mol. The van der Waals surface area contributed by atoms with Gasteiger partial charge in [0.15, 0.2) is 0 Å². The van der Waals surface area contributed by atoms with E-state index in [4.69, 9.17) is 0 Å². The molecule has 1 aromatic carbocycles. The maximum Gasteiger partial charge on any atom is 0.142 e. The molecular formula is C18H25NO. The minimum atomic E-state index is 0.0326. The van der Waals surface area contributed by atoms with Crippen molar-refractivity contribution in [3.63, 3.8) is 0 Å². The van der Waals surface area contributed by atoms with E-state index in [2.05, 4.69) is 35.6 Å². The molecule has 0 aromatic heterocycles. The van der Waals surface area contributed by atoms with E-state index in [0.717, 1.165) is 51.6 Å². The van der Waals surface area contributed by atoms with E-state index in [1.54, 1.807) is 0 Å². The summed E-state index contributed by atoms with van der Waals surface area (Å²) in [5, 5.41) is 3.40. The Labute approximate surface area is 122 Å². The highest BCUT2D eigenvalue weighted by Gasteiger charge is 2.44. The summed E-state index contributed by atoms with van der Waals surface area (Å²) >= 11 is 0. The predicted molar refractivity (Wildman–Crippen MR) is 81.6 cm³/mol. The van der Waals surface area contributed by atoms with E-state index < -0.39 is 0 Å². The van der Waals surface area contributed by atoms with E-state index >= 15 is 0 Å². The van der Waals surface area contributed by atoms with Crippen LogP contribution >= 0.6 is 0 Å². The second-order valence-corrected chi connectivity index (χ2v) is 6.51. The van der Waals surface area contributed by atoms with Crippen LogP contribution in [0.25, 0.3) is 0 Å². The number of piperidine rings is 1. The highest BCUT2D eigenvalue weighted by molar-refractivity contribution is 5.87. The third-order valence-corrected chi connectivity index (χ3v) is 5.29. The molecule has 1 unspecified atom stereocenters. The number of hydrogen-bond donors (Lipinski definition) is 1. The molecule has 1 aliphatic heterocycles. The lowest BCUT2D eigenvalue weighted by Crippen LogP contribution is -2.47. The zero-order chi connectivity index (χ0) is 13.8. The molecule has 20 heavy (non-hydrogen) atoms. The zero-order valence-corrected chi connectivity index (χ0v) is 12.2. The molecule has 0 radical (unpaired) electrons. The van der Waals surface area contributed by atoms with Gasteiger partial charge < -0.3 is 5.32 Å². The molecule has 1 heterocycles. The molecule has 0 amide bonds. The summed E-state index contributed by atoms with van der Waals surface area (Å²) in [6.45, 7) is 2.05. The van der Waals surface area contributed by atoms with Gasteiger partial charge in [-0.1, -0.05) is 36.8 Å². The highest BCUT2D eigenvalue weighted by Crippen LogP contribution is 2.43. The molecule has 2 fully saturated rings. The molecule has 1 saturated heterocycles. The summed E-state index contributed by atoms with van der Waals surface area (Å²) in [7, 11) is 0. The third-order valence-electron chi connectivity index (χ3n) is 5.29. The van der Waals surface area contributed by atoms with Gasteiger partial charge in [0.1, 0.15) is 5.78 Å². The number of carbonyl (C=O) groups is 1. The van der Waals surface area contributed by atoms with Gasteiger partial charge in [-0.05, 0) is 57.2 Å². The highest BCUT2D eigenvalue weighted by atomic mass is 16.1. The first-order chi connectivity index (χ1) is 9.80. The van der Waals surface area contributed by atoms with E-state index in [9.17, 15) is 4.79 Å². The smallest absolute Gasteiger partial charge is 0.142 e. The van der Waals surface area contributed by atoms with Crippen molar-refractivity contribution >= 4 is 5.78 Å². The average Bonchev–Trinajstić information content (AvgIpc) is 2.51. The van der Waals surface area contributed by atoms with Crippen molar-refractivity contribution in [2.24, 2.45) is 11.3 Å². The molecule has 1 saturated carbocycles. The summed E-state index contributed by atoms with van der Waals surface area (Å²) in [6.07, 6.45) is 7.70. The molecule has 2 aliphatic rings. The molecule has 1 aliphatic carbocycles. The van der Waals surface area contributed by atoms with Crippen LogP contribution in [0, 0.1) is 11.3 Å². The fourth-order valence-electron chi connectivity index (χ4n) is 4.04. The third kappa shape index (κ3) is 2.80. The molecule has 1 spiro atoms. The summed E-state index contributed by atoms with van der Waals surface area (Å²) < 4.78 is 0. The van der Waals surface area contributed by atoms with Gasteiger partial charge in [0.25, 0.3) is 0 Å². The Morgan fingerprint density at radius 2 is 1.85 bits per heavy atom. The molecule has 0 bridgehead atoms. The van der Waals surface area contributed by atoms with Gasteiger partial charge in [-0.15, -0.1) is 0 Å². The number of benzene rings is 1. The predicted octanol–water partition coefficient (Wildman–Crippen LogP) is 3.36. The lowest BCUT2D eigenvalue weighted by atomic mass is 9.63. The SMILES string of the molecule is O=C1C(CCc2ccccc2)CCCC12CCNCC2. The van der Waals surface area contributed by atoms with E-state index in [-0.39, 0.29) is 5.41 Å². The van der Waals surface area contributed by atoms with E-state index in [1.807, 2.05) is 0 Å². The fourth-order valence-corrected chi connectivity index (χ4v) is 4.04. The second kappa shape index (κ2) is 6.09. The molecule has 2 heteroatoms.